The van der Waals surface area contributed by atoms with Crippen LogP contribution in [0.4, 0.5) is 0 Å². The van der Waals surface area contributed by atoms with E-state index >= 15 is 0 Å². The summed E-state index contributed by atoms with van der Waals surface area (Å²) in [6.45, 7) is 4.60. The van der Waals surface area contributed by atoms with Crippen LogP contribution >= 0.6 is 15.6 Å². The maximum atomic E-state index is 13.1. The predicted molar refractivity (Wildman–Crippen MR) is 409 cm³/mol. The number of aliphatic hydroxyl groups excluding tert-OH is 1. The lowest BCUT2D eigenvalue weighted by molar-refractivity contribution is -0.161. The van der Waals surface area contributed by atoms with Crippen molar-refractivity contribution in [3.63, 3.8) is 0 Å². The minimum atomic E-state index is -4.98. The predicted octanol–water partition coefficient (Wildman–Crippen LogP) is 22.8. The number of esters is 4. The number of unbranched alkanes of at least 4 members (excludes halogenated alkanes) is 32. The van der Waals surface area contributed by atoms with Crippen molar-refractivity contribution >= 4 is 39.5 Å². The van der Waals surface area contributed by atoms with Crippen LogP contribution in [-0.4, -0.2) is 96.7 Å². The Bertz CT molecular complexity index is 2270. The first-order valence-electron chi connectivity index (χ1n) is 39.5. The van der Waals surface area contributed by atoms with E-state index in [4.69, 9.17) is 37.0 Å². The van der Waals surface area contributed by atoms with Crippen molar-refractivity contribution < 1.29 is 80.2 Å². The normalized spacial score (nSPS) is 14.4. The summed E-state index contributed by atoms with van der Waals surface area (Å²) in [5.74, 6) is -2.20. The van der Waals surface area contributed by atoms with Crippen LogP contribution in [0, 0.1) is 0 Å². The molecular weight excluding hydrogens is 1310 g/mol. The summed E-state index contributed by atoms with van der Waals surface area (Å²) in [5, 5.41) is 10.6. The minimum absolute atomic E-state index is 0.0825. The lowest BCUT2D eigenvalue weighted by Crippen LogP contribution is -2.30. The Hall–Kier alpha value is -4.02. The second kappa shape index (κ2) is 73.3. The van der Waals surface area contributed by atoms with Crippen LogP contribution in [-0.2, 0) is 65.4 Å². The van der Waals surface area contributed by atoms with Gasteiger partial charge in [0.05, 0.1) is 26.4 Å². The van der Waals surface area contributed by atoms with E-state index in [2.05, 4.69) is 125 Å². The zero-order valence-corrected chi connectivity index (χ0v) is 64.9. The van der Waals surface area contributed by atoms with E-state index in [0.717, 1.165) is 205 Å². The molecule has 0 rings (SSSR count). The summed E-state index contributed by atoms with van der Waals surface area (Å²) in [7, 11) is -9.95. The Morgan fingerprint density at radius 1 is 0.290 bits per heavy atom. The van der Waals surface area contributed by atoms with Gasteiger partial charge in [-0.3, -0.25) is 37.3 Å². The quantitative estimate of drug-likeness (QED) is 0.0169. The van der Waals surface area contributed by atoms with Gasteiger partial charge in [0, 0.05) is 25.7 Å². The summed E-state index contributed by atoms with van der Waals surface area (Å²) in [6, 6.07) is 0. The molecule has 5 atom stereocenters. The van der Waals surface area contributed by atoms with Crippen molar-refractivity contribution in [2.75, 3.05) is 39.6 Å². The summed E-state index contributed by atoms with van der Waals surface area (Å²) < 4.78 is 68.5. The summed E-state index contributed by atoms with van der Waals surface area (Å²) in [5.41, 5.74) is 0. The molecule has 0 bridgehead atoms. The molecule has 0 aliphatic rings. The van der Waals surface area contributed by atoms with Crippen LogP contribution in [0.15, 0.2) is 97.2 Å². The van der Waals surface area contributed by atoms with Crippen molar-refractivity contribution in [1.29, 1.82) is 0 Å². The zero-order valence-electron chi connectivity index (χ0n) is 63.1. The van der Waals surface area contributed by atoms with Crippen LogP contribution in [0.25, 0.3) is 0 Å². The highest BCUT2D eigenvalue weighted by Gasteiger charge is 2.30. The molecule has 100 heavy (non-hydrogen) atoms. The molecule has 5 unspecified atom stereocenters. The van der Waals surface area contributed by atoms with Crippen molar-refractivity contribution in [3.05, 3.63) is 97.2 Å². The van der Waals surface area contributed by atoms with Crippen molar-refractivity contribution in [2.45, 2.75) is 354 Å². The molecule has 578 valence electrons. The highest BCUT2D eigenvalue weighted by molar-refractivity contribution is 7.47. The van der Waals surface area contributed by atoms with Gasteiger partial charge in [-0.05, 0) is 135 Å². The van der Waals surface area contributed by atoms with E-state index in [1.807, 2.05) is 0 Å². The van der Waals surface area contributed by atoms with Crippen LogP contribution in [0.3, 0.4) is 0 Å². The maximum Gasteiger partial charge on any atom is 0.472 e. The highest BCUT2D eigenvalue weighted by atomic mass is 31.2. The molecule has 0 heterocycles. The third kappa shape index (κ3) is 72.3. The van der Waals surface area contributed by atoms with Crippen LogP contribution in [0.2, 0.25) is 0 Å². The smallest absolute Gasteiger partial charge is 0.462 e. The first-order chi connectivity index (χ1) is 48.7. The first kappa shape index (κ1) is 96.0. The molecule has 0 saturated heterocycles. The van der Waals surface area contributed by atoms with Gasteiger partial charge in [0.1, 0.15) is 19.3 Å². The monoisotopic (exact) mass is 1450 g/mol. The molecule has 0 fully saturated rings. The molecular formula is C81H142O17P2. The molecule has 0 aromatic rings. The Morgan fingerprint density at radius 2 is 0.530 bits per heavy atom. The molecule has 17 nitrogen and oxygen atoms in total. The number of hydrogen-bond acceptors (Lipinski definition) is 15. The fourth-order valence-corrected chi connectivity index (χ4v) is 12.1. The highest BCUT2D eigenvalue weighted by Crippen LogP contribution is 2.45. The molecule has 0 aromatic carbocycles. The average Bonchev–Trinajstić information content (AvgIpc) is 0.989. The van der Waals surface area contributed by atoms with Gasteiger partial charge in [0.2, 0.25) is 0 Å². The first-order valence-corrected chi connectivity index (χ1v) is 42.5. The number of phosphoric ester groups is 2. The summed E-state index contributed by atoms with van der Waals surface area (Å²) in [4.78, 5) is 72.9. The SMILES string of the molecule is CC/C=C\C/C=C\C/C=C\CCCCCCCCCC(=O)OCC(COP(=O)(O)OCC(O)COP(=O)(O)OCC(COC(=O)CCCCCCCCC/C=C\C/C=C\C/C=C\CC)OC(=O)CCCCCCC/C=C\CCCCCCCC)OC(=O)CCCCCCC/C=C\CCCC. The van der Waals surface area contributed by atoms with Crippen LogP contribution in [0.1, 0.15) is 336 Å². The van der Waals surface area contributed by atoms with Gasteiger partial charge < -0.3 is 33.8 Å². The number of aliphatic hydroxyl groups is 1. The molecule has 0 radical (unpaired) electrons. The molecule has 0 amide bonds. The molecule has 0 aromatic heterocycles. The largest absolute Gasteiger partial charge is 0.472 e. The van der Waals surface area contributed by atoms with Crippen LogP contribution < -0.4 is 0 Å². The lowest BCUT2D eigenvalue weighted by atomic mass is 10.1. The Labute approximate surface area is 607 Å². The summed E-state index contributed by atoms with van der Waals surface area (Å²) in [6.07, 6.45) is 76.7. The Morgan fingerprint density at radius 3 is 0.840 bits per heavy atom. The molecule has 0 aliphatic heterocycles. The number of phosphoric acid groups is 2. The average molecular weight is 1450 g/mol. The second-order valence-corrected chi connectivity index (χ2v) is 29.1. The molecule has 19 heteroatoms. The van der Waals surface area contributed by atoms with Crippen LogP contribution in [0.5, 0.6) is 0 Å². The number of hydrogen-bond donors (Lipinski definition) is 3. The third-order valence-corrected chi connectivity index (χ3v) is 18.4. The van der Waals surface area contributed by atoms with Crippen molar-refractivity contribution in [1.82, 2.24) is 0 Å². The molecule has 0 aliphatic carbocycles. The van der Waals surface area contributed by atoms with E-state index in [0.29, 0.717) is 25.7 Å². The van der Waals surface area contributed by atoms with Gasteiger partial charge in [-0.2, -0.15) is 0 Å². The van der Waals surface area contributed by atoms with Gasteiger partial charge >= 0.3 is 39.5 Å². The fraction of sp³-hybridized carbons (Fsp3) is 0.753. The number of allylic oxidation sites excluding steroid dienone is 16. The number of carbonyl (C=O) groups excluding carboxylic acids is 4. The molecule has 0 spiro atoms. The van der Waals surface area contributed by atoms with E-state index in [1.165, 1.54) is 51.4 Å². The van der Waals surface area contributed by atoms with Crippen molar-refractivity contribution in [2.24, 2.45) is 0 Å². The van der Waals surface area contributed by atoms with E-state index in [1.54, 1.807) is 0 Å². The topological polar surface area (TPSA) is 237 Å². The van der Waals surface area contributed by atoms with Gasteiger partial charge in [0.25, 0.3) is 0 Å². The van der Waals surface area contributed by atoms with E-state index in [9.17, 15) is 43.2 Å². The lowest BCUT2D eigenvalue weighted by Gasteiger charge is -2.21. The Kier molecular flexibility index (Phi) is 70.4. The molecule has 0 saturated carbocycles. The standard InChI is InChI=1S/C81H142O17P2/c1-5-9-13-17-21-25-29-32-35-37-40-42-46-49-53-57-61-65-78(83)91-71-76(97-80(85)67-63-59-55-51-45-28-24-20-16-12-8-4)73-95-99(87,88)93-69-75(82)70-94-100(89,90)96-74-77(98-81(86)68-64-60-56-52-48-44-39-34-31-27-23-19-15-11-7-3)72-92-79(84)66-62-58-54-50-47-43-41-38-36-33-30-26-22-18-14-10-6-2/h9-10,13-14,20-22,24-26,32-36,39,75-77,82H,5-8,11-12,15-19,23,27-31,37-38,40-74H2,1-4H3,(H,87,88)(H,89,90)/b13-9-,14-10-,24-20-,25-21-,26-22-,35-32-,36-33-,39-34-. The van der Waals surface area contributed by atoms with Gasteiger partial charge in [-0.25, -0.2) is 9.13 Å². The number of rotatable bonds is 74. The number of ether oxygens (including phenoxy) is 4. The zero-order chi connectivity index (χ0) is 73.2. The third-order valence-electron chi connectivity index (χ3n) is 16.5. The minimum Gasteiger partial charge on any atom is -0.462 e. The fourth-order valence-electron chi connectivity index (χ4n) is 10.5. The second-order valence-electron chi connectivity index (χ2n) is 26.2. The van der Waals surface area contributed by atoms with Gasteiger partial charge in [-0.15, -0.1) is 0 Å². The number of carbonyl (C=O) groups is 4. The van der Waals surface area contributed by atoms with Gasteiger partial charge in [-0.1, -0.05) is 273 Å². The van der Waals surface area contributed by atoms with Gasteiger partial charge in [0.15, 0.2) is 12.2 Å². The maximum absolute atomic E-state index is 13.1. The van der Waals surface area contributed by atoms with E-state index in [-0.39, 0.29) is 25.7 Å². The Balaban J connectivity index is 5.32. The van der Waals surface area contributed by atoms with E-state index < -0.39 is 97.5 Å². The molecule has 3 N–H and O–H groups in total. The summed E-state index contributed by atoms with van der Waals surface area (Å²) >= 11 is 0. The van der Waals surface area contributed by atoms with Crippen molar-refractivity contribution in [3.8, 4) is 0 Å².